The predicted octanol–water partition coefficient (Wildman–Crippen LogP) is 4.06. The quantitative estimate of drug-likeness (QED) is 0.835. The smallest absolute Gasteiger partial charge is 0.281 e. The molecule has 0 aromatic heterocycles. The first kappa shape index (κ1) is 16.3. The minimum absolute atomic E-state index is 0.0562. The number of benzene rings is 1. The van der Waals surface area contributed by atoms with Gasteiger partial charge in [-0.05, 0) is 30.6 Å². The standard InChI is InChI=1S/C21H23NO3/c23-19-20(13-7-4-8-14-20)25-21(15-9-1-2-10-16-21)22(19)24-17-18-11-5-3-6-12-18/h1-3,5-6,9-12,15-16H,4,7-8,13-14,17H2. The third-order valence-electron chi connectivity index (χ3n) is 5.12. The number of rotatable bonds is 3. The largest absolute Gasteiger partial charge is 0.330 e. The molecule has 1 amide bonds. The summed E-state index contributed by atoms with van der Waals surface area (Å²) in [5.41, 5.74) is -0.699. The van der Waals surface area contributed by atoms with Gasteiger partial charge in [-0.15, -0.1) is 0 Å². The molecule has 2 aliphatic carbocycles. The first-order valence-electron chi connectivity index (χ1n) is 9.00. The minimum Gasteiger partial charge on any atom is -0.330 e. The minimum atomic E-state index is -0.966. The van der Waals surface area contributed by atoms with Gasteiger partial charge in [0.05, 0.1) is 0 Å². The fourth-order valence-electron chi connectivity index (χ4n) is 3.83. The average Bonchev–Trinajstić information content (AvgIpc) is 2.79. The number of carbonyl (C=O) groups excluding carboxylic acids is 1. The van der Waals surface area contributed by atoms with Crippen LogP contribution in [-0.2, 0) is 21.0 Å². The van der Waals surface area contributed by atoms with E-state index in [0.717, 1.165) is 37.7 Å². The van der Waals surface area contributed by atoms with E-state index in [1.807, 2.05) is 66.8 Å². The van der Waals surface area contributed by atoms with Gasteiger partial charge in [-0.25, -0.2) is 0 Å². The maximum atomic E-state index is 13.3. The predicted molar refractivity (Wildman–Crippen MR) is 95.1 cm³/mol. The second kappa shape index (κ2) is 6.62. The van der Waals surface area contributed by atoms with Crippen molar-refractivity contribution in [3.63, 3.8) is 0 Å². The third kappa shape index (κ3) is 2.96. The van der Waals surface area contributed by atoms with Crippen LogP contribution >= 0.6 is 0 Å². The van der Waals surface area contributed by atoms with E-state index < -0.39 is 11.3 Å². The van der Waals surface area contributed by atoms with E-state index in [9.17, 15) is 4.79 Å². The molecule has 1 heterocycles. The number of carbonyl (C=O) groups is 1. The molecule has 2 spiro atoms. The van der Waals surface area contributed by atoms with Crippen molar-refractivity contribution < 1.29 is 14.4 Å². The van der Waals surface area contributed by atoms with Crippen molar-refractivity contribution >= 4 is 5.91 Å². The lowest BCUT2D eigenvalue weighted by Gasteiger charge is -2.32. The number of ether oxygens (including phenoxy) is 1. The number of hydrogen-bond donors (Lipinski definition) is 0. The van der Waals surface area contributed by atoms with Crippen molar-refractivity contribution in [2.24, 2.45) is 0 Å². The lowest BCUT2D eigenvalue weighted by molar-refractivity contribution is -0.230. The summed E-state index contributed by atoms with van der Waals surface area (Å²) < 4.78 is 6.45. The van der Waals surface area contributed by atoms with Crippen molar-refractivity contribution in [3.8, 4) is 0 Å². The number of amides is 1. The molecule has 2 fully saturated rings. The van der Waals surface area contributed by atoms with Gasteiger partial charge in [0.15, 0.2) is 5.60 Å². The molecule has 1 aromatic rings. The lowest BCUT2D eigenvalue weighted by Crippen LogP contribution is -2.44. The average molecular weight is 337 g/mol. The summed E-state index contributed by atoms with van der Waals surface area (Å²) in [4.78, 5) is 19.3. The van der Waals surface area contributed by atoms with Crippen LogP contribution in [0.5, 0.6) is 0 Å². The Kier molecular flexibility index (Phi) is 4.32. The number of hydrogen-bond acceptors (Lipinski definition) is 3. The van der Waals surface area contributed by atoms with Gasteiger partial charge in [-0.3, -0.25) is 9.63 Å². The summed E-state index contributed by atoms with van der Waals surface area (Å²) in [7, 11) is 0. The molecule has 1 aliphatic heterocycles. The number of hydroxylamine groups is 2. The Morgan fingerprint density at radius 2 is 1.64 bits per heavy atom. The van der Waals surface area contributed by atoms with Crippen LogP contribution in [0.1, 0.15) is 37.7 Å². The van der Waals surface area contributed by atoms with Crippen LogP contribution in [0.25, 0.3) is 0 Å². The van der Waals surface area contributed by atoms with Crippen LogP contribution in [0.4, 0.5) is 0 Å². The summed E-state index contributed by atoms with van der Waals surface area (Å²) in [6, 6.07) is 9.88. The first-order valence-corrected chi connectivity index (χ1v) is 9.00. The highest BCUT2D eigenvalue weighted by atomic mass is 16.7. The molecule has 3 aliphatic rings. The molecular weight excluding hydrogens is 314 g/mol. The van der Waals surface area contributed by atoms with Crippen LogP contribution in [0.2, 0.25) is 0 Å². The van der Waals surface area contributed by atoms with Crippen LogP contribution in [0, 0.1) is 0 Å². The fraction of sp³-hybridized carbons (Fsp3) is 0.381. The Balaban J connectivity index is 1.64. The molecule has 0 atom stereocenters. The van der Waals surface area contributed by atoms with Crippen LogP contribution < -0.4 is 0 Å². The number of nitrogens with zero attached hydrogens (tertiary/aromatic N) is 1. The molecule has 0 unspecified atom stereocenters. The van der Waals surface area contributed by atoms with E-state index in [2.05, 4.69) is 0 Å². The molecule has 4 rings (SSSR count). The van der Waals surface area contributed by atoms with Gasteiger partial charge in [0.25, 0.3) is 5.91 Å². The molecule has 4 heteroatoms. The lowest BCUT2D eigenvalue weighted by atomic mass is 9.84. The van der Waals surface area contributed by atoms with Crippen molar-refractivity contribution in [3.05, 3.63) is 72.4 Å². The summed E-state index contributed by atoms with van der Waals surface area (Å²) in [5, 5.41) is 1.45. The zero-order valence-corrected chi connectivity index (χ0v) is 14.3. The summed E-state index contributed by atoms with van der Waals surface area (Å²) in [6.45, 7) is 0.336. The summed E-state index contributed by atoms with van der Waals surface area (Å²) >= 11 is 0. The van der Waals surface area contributed by atoms with Gasteiger partial charge in [-0.1, -0.05) is 73.9 Å². The van der Waals surface area contributed by atoms with Crippen LogP contribution in [0.15, 0.2) is 66.8 Å². The van der Waals surface area contributed by atoms with E-state index in [1.165, 1.54) is 5.06 Å². The highest BCUT2D eigenvalue weighted by molar-refractivity contribution is 5.88. The van der Waals surface area contributed by atoms with Crippen LogP contribution in [-0.4, -0.2) is 22.3 Å². The summed E-state index contributed by atoms with van der Waals surface area (Å²) in [5.74, 6) is -0.0562. The molecule has 0 radical (unpaired) electrons. The Morgan fingerprint density at radius 1 is 0.960 bits per heavy atom. The molecule has 4 nitrogen and oxygen atoms in total. The molecule has 0 bridgehead atoms. The molecule has 1 saturated heterocycles. The van der Waals surface area contributed by atoms with Crippen LogP contribution in [0.3, 0.4) is 0 Å². The zero-order chi connectivity index (χ0) is 17.2. The Morgan fingerprint density at radius 3 is 2.32 bits per heavy atom. The van der Waals surface area contributed by atoms with Gasteiger partial charge in [0.2, 0.25) is 5.72 Å². The molecular formula is C21H23NO3. The SMILES string of the molecule is O=C1N(OCc2ccccc2)C2(C=CC=CC=C2)OC12CCCCC2. The second-order valence-electron chi connectivity index (χ2n) is 6.87. The third-order valence-corrected chi connectivity index (χ3v) is 5.12. The van der Waals surface area contributed by atoms with Crippen molar-refractivity contribution in [2.45, 2.75) is 50.0 Å². The van der Waals surface area contributed by atoms with Gasteiger partial charge in [-0.2, -0.15) is 5.06 Å². The summed E-state index contributed by atoms with van der Waals surface area (Å²) in [6.07, 6.45) is 16.2. The van der Waals surface area contributed by atoms with Crippen molar-refractivity contribution in [1.29, 1.82) is 0 Å². The maximum absolute atomic E-state index is 13.3. The van der Waals surface area contributed by atoms with Gasteiger partial charge < -0.3 is 4.74 Å². The molecule has 25 heavy (non-hydrogen) atoms. The highest BCUT2D eigenvalue weighted by Gasteiger charge is 2.60. The highest BCUT2D eigenvalue weighted by Crippen LogP contribution is 2.46. The molecule has 0 N–H and O–H groups in total. The zero-order valence-electron chi connectivity index (χ0n) is 14.3. The van der Waals surface area contributed by atoms with E-state index >= 15 is 0 Å². The topological polar surface area (TPSA) is 38.8 Å². The molecule has 1 aromatic carbocycles. The van der Waals surface area contributed by atoms with E-state index in [4.69, 9.17) is 9.57 Å². The van der Waals surface area contributed by atoms with Gasteiger partial charge in [0.1, 0.15) is 6.61 Å². The fourth-order valence-corrected chi connectivity index (χ4v) is 3.83. The maximum Gasteiger partial charge on any atom is 0.281 e. The second-order valence-corrected chi connectivity index (χ2v) is 6.87. The molecule has 1 saturated carbocycles. The van der Waals surface area contributed by atoms with Crippen molar-refractivity contribution in [2.75, 3.05) is 0 Å². The normalized spacial score (nSPS) is 23.5. The number of allylic oxidation sites excluding steroid dienone is 4. The monoisotopic (exact) mass is 337 g/mol. The van der Waals surface area contributed by atoms with E-state index in [-0.39, 0.29) is 5.91 Å². The van der Waals surface area contributed by atoms with Gasteiger partial charge >= 0.3 is 0 Å². The Hall–Kier alpha value is -2.17. The van der Waals surface area contributed by atoms with Crippen molar-refractivity contribution in [1.82, 2.24) is 5.06 Å². The van der Waals surface area contributed by atoms with Gasteiger partial charge in [0, 0.05) is 0 Å². The Bertz CT molecular complexity index is 698. The Labute approximate surface area is 148 Å². The molecule has 130 valence electrons. The first-order chi connectivity index (χ1) is 12.2. The van der Waals surface area contributed by atoms with E-state index in [1.54, 1.807) is 0 Å². The van der Waals surface area contributed by atoms with E-state index in [0.29, 0.717) is 6.61 Å².